The van der Waals surface area contributed by atoms with E-state index in [0.29, 0.717) is 30.2 Å². The molecule has 1 aliphatic rings. The van der Waals surface area contributed by atoms with Gasteiger partial charge < -0.3 is 9.64 Å². The first kappa shape index (κ1) is 18.4. The van der Waals surface area contributed by atoms with E-state index in [1.807, 2.05) is 24.0 Å². The summed E-state index contributed by atoms with van der Waals surface area (Å²) in [4.78, 5) is 17.2. The number of halogens is 1. The van der Waals surface area contributed by atoms with Gasteiger partial charge in [0.2, 0.25) is 5.88 Å². The summed E-state index contributed by atoms with van der Waals surface area (Å²) in [5.41, 5.74) is 2.31. The fraction of sp³-hybridized carbons (Fsp3) is 0.474. The molecule has 0 unspecified atom stereocenters. The molecule has 0 spiro atoms. The Morgan fingerprint density at radius 1 is 1.19 bits per heavy atom. The number of carbonyl (C=O) groups is 1. The zero-order valence-corrected chi connectivity index (χ0v) is 15.5. The molecule has 0 aliphatic carbocycles. The van der Waals surface area contributed by atoms with Gasteiger partial charge in [-0.05, 0) is 31.0 Å². The van der Waals surface area contributed by atoms with Gasteiger partial charge in [-0.3, -0.25) is 9.69 Å². The summed E-state index contributed by atoms with van der Waals surface area (Å²) in [7, 11) is 3.33. The summed E-state index contributed by atoms with van der Waals surface area (Å²) in [5, 5.41) is 4.30. The molecule has 0 bridgehead atoms. The normalized spacial score (nSPS) is 15.8. The van der Waals surface area contributed by atoms with Gasteiger partial charge in [0.25, 0.3) is 5.91 Å². The molecule has 26 heavy (non-hydrogen) atoms. The molecular formula is C19H25FN4O2. The lowest BCUT2D eigenvalue weighted by Crippen LogP contribution is -2.35. The number of methoxy groups -OCH3 is 1. The molecule has 0 atom stereocenters. The lowest BCUT2D eigenvalue weighted by atomic mass is 10.2. The van der Waals surface area contributed by atoms with Crippen molar-refractivity contribution in [1.29, 1.82) is 0 Å². The topological polar surface area (TPSA) is 50.6 Å². The predicted octanol–water partition coefficient (Wildman–Crippen LogP) is 2.22. The highest BCUT2D eigenvalue weighted by atomic mass is 19.1. The van der Waals surface area contributed by atoms with Crippen LogP contribution in [0.25, 0.3) is 0 Å². The standard InChI is InChI=1S/C19H25FN4O2/c1-14-17(19(26-3)22(2)21-14)18(25)24-10-4-9-23(11-12-24)13-15-5-7-16(20)8-6-15/h5-8H,4,9-13H2,1-3H3. The summed E-state index contributed by atoms with van der Waals surface area (Å²) < 4.78 is 20.0. The van der Waals surface area contributed by atoms with Gasteiger partial charge in [0.1, 0.15) is 11.4 Å². The number of rotatable bonds is 4. The summed E-state index contributed by atoms with van der Waals surface area (Å²) in [6.45, 7) is 5.63. The molecule has 2 heterocycles. The average molecular weight is 360 g/mol. The maximum atomic E-state index is 13.1. The van der Waals surface area contributed by atoms with Crippen LogP contribution in [0.5, 0.6) is 5.88 Å². The molecule has 1 saturated heterocycles. The van der Waals surface area contributed by atoms with E-state index in [1.54, 1.807) is 18.8 Å². The third-order valence-corrected chi connectivity index (χ3v) is 4.77. The number of hydrogen-bond donors (Lipinski definition) is 0. The highest BCUT2D eigenvalue weighted by Gasteiger charge is 2.27. The Balaban J connectivity index is 1.67. The largest absolute Gasteiger partial charge is 0.481 e. The first-order chi connectivity index (χ1) is 12.5. The summed E-state index contributed by atoms with van der Waals surface area (Å²) in [6.07, 6.45) is 0.897. The SMILES string of the molecule is COc1c(C(=O)N2CCCN(Cc3ccc(F)cc3)CC2)c(C)nn1C. The van der Waals surface area contributed by atoms with Gasteiger partial charge in [0, 0.05) is 39.8 Å². The summed E-state index contributed by atoms with van der Waals surface area (Å²) in [6, 6.07) is 6.60. The quantitative estimate of drug-likeness (QED) is 0.839. The molecule has 0 saturated carbocycles. The number of hydrogen-bond acceptors (Lipinski definition) is 4. The molecule has 6 nitrogen and oxygen atoms in total. The zero-order chi connectivity index (χ0) is 18.7. The third-order valence-electron chi connectivity index (χ3n) is 4.77. The first-order valence-corrected chi connectivity index (χ1v) is 8.83. The lowest BCUT2D eigenvalue weighted by molar-refractivity contribution is 0.0756. The molecule has 2 aromatic rings. The molecule has 1 aliphatic heterocycles. The van der Waals surface area contributed by atoms with Crippen molar-refractivity contribution in [2.24, 2.45) is 7.05 Å². The second-order valence-corrected chi connectivity index (χ2v) is 6.64. The Labute approximate surface area is 153 Å². The number of benzene rings is 1. The van der Waals surface area contributed by atoms with Crippen molar-refractivity contribution in [1.82, 2.24) is 19.6 Å². The lowest BCUT2D eigenvalue weighted by Gasteiger charge is -2.22. The van der Waals surface area contributed by atoms with Gasteiger partial charge in [0.05, 0.1) is 12.8 Å². The average Bonchev–Trinajstić information content (AvgIpc) is 2.77. The van der Waals surface area contributed by atoms with Crippen LogP contribution in [0.1, 0.15) is 28.0 Å². The van der Waals surface area contributed by atoms with E-state index in [1.165, 1.54) is 12.1 Å². The van der Waals surface area contributed by atoms with Crippen LogP contribution in [0.3, 0.4) is 0 Å². The molecule has 1 aromatic heterocycles. The second kappa shape index (κ2) is 7.86. The van der Waals surface area contributed by atoms with E-state index in [9.17, 15) is 9.18 Å². The van der Waals surface area contributed by atoms with Crippen molar-refractivity contribution < 1.29 is 13.9 Å². The third kappa shape index (κ3) is 3.88. The van der Waals surface area contributed by atoms with Crippen molar-refractivity contribution in [2.75, 3.05) is 33.3 Å². The summed E-state index contributed by atoms with van der Waals surface area (Å²) in [5.74, 6) is 0.248. The van der Waals surface area contributed by atoms with E-state index >= 15 is 0 Å². The van der Waals surface area contributed by atoms with Gasteiger partial charge in [-0.25, -0.2) is 9.07 Å². The van der Waals surface area contributed by atoms with E-state index in [4.69, 9.17) is 4.74 Å². The minimum Gasteiger partial charge on any atom is -0.481 e. The van der Waals surface area contributed by atoms with Crippen LogP contribution in [0.4, 0.5) is 4.39 Å². The van der Waals surface area contributed by atoms with E-state index in [2.05, 4.69) is 10.00 Å². The maximum absolute atomic E-state index is 13.1. The Morgan fingerprint density at radius 2 is 1.92 bits per heavy atom. The van der Waals surface area contributed by atoms with Crippen molar-refractivity contribution in [3.63, 3.8) is 0 Å². The van der Waals surface area contributed by atoms with Crippen LogP contribution in [0.2, 0.25) is 0 Å². The van der Waals surface area contributed by atoms with Crippen LogP contribution in [0, 0.1) is 12.7 Å². The van der Waals surface area contributed by atoms with Gasteiger partial charge in [0.15, 0.2) is 0 Å². The first-order valence-electron chi connectivity index (χ1n) is 8.83. The zero-order valence-electron chi connectivity index (χ0n) is 15.5. The van der Waals surface area contributed by atoms with Gasteiger partial charge in [-0.1, -0.05) is 12.1 Å². The van der Waals surface area contributed by atoms with Crippen LogP contribution >= 0.6 is 0 Å². The van der Waals surface area contributed by atoms with Gasteiger partial charge in [-0.2, -0.15) is 5.10 Å². The molecule has 3 rings (SSSR count). The molecule has 140 valence electrons. The van der Waals surface area contributed by atoms with E-state index in [0.717, 1.165) is 31.6 Å². The number of aryl methyl sites for hydroxylation is 2. The van der Waals surface area contributed by atoms with Crippen molar-refractivity contribution >= 4 is 5.91 Å². The Morgan fingerprint density at radius 3 is 2.62 bits per heavy atom. The monoisotopic (exact) mass is 360 g/mol. The molecule has 1 aromatic carbocycles. The number of carbonyl (C=O) groups excluding carboxylic acids is 1. The predicted molar refractivity (Wildman–Crippen MR) is 96.7 cm³/mol. The highest BCUT2D eigenvalue weighted by Crippen LogP contribution is 2.23. The molecular weight excluding hydrogens is 335 g/mol. The maximum Gasteiger partial charge on any atom is 0.261 e. The van der Waals surface area contributed by atoms with E-state index < -0.39 is 0 Å². The van der Waals surface area contributed by atoms with Crippen molar-refractivity contribution in [2.45, 2.75) is 19.9 Å². The molecule has 0 radical (unpaired) electrons. The van der Waals surface area contributed by atoms with Crippen LogP contribution in [0.15, 0.2) is 24.3 Å². The number of amides is 1. The second-order valence-electron chi connectivity index (χ2n) is 6.64. The Hall–Kier alpha value is -2.41. The minimum atomic E-state index is -0.220. The Kier molecular flexibility index (Phi) is 5.56. The van der Waals surface area contributed by atoms with Crippen LogP contribution in [-0.2, 0) is 13.6 Å². The smallest absolute Gasteiger partial charge is 0.261 e. The molecule has 0 N–H and O–H groups in total. The Bertz CT molecular complexity index is 773. The van der Waals surface area contributed by atoms with E-state index in [-0.39, 0.29) is 11.7 Å². The number of aromatic nitrogens is 2. The summed E-state index contributed by atoms with van der Waals surface area (Å²) >= 11 is 0. The van der Waals surface area contributed by atoms with Gasteiger partial charge in [-0.15, -0.1) is 0 Å². The molecule has 7 heteroatoms. The van der Waals surface area contributed by atoms with Crippen LogP contribution in [-0.4, -0.2) is 58.8 Å². The highest BCUT2D eigenvalue weighted by molar-refractivity contribution is 5.97. The fourth-order valence-corrected chi connectivity index (χ4v) is 3.46. The molecule has 1 fully saturated rings. The van der Waals surface area contributed by atoms with Crippen LogP contribution < -0.4 is 4.74 Å². The molecule has 1 amide bonds. The van der Waals surface area contributed by atoms with Crippen molar-refractivity contribution in [3.8, 4) is 5.88 Å². The van der Waals surface area contributed by atoms with Gasteiger partial charge >= 0.3 is 0 Å². The fourth-order valence-electron chi connectivity index (χ4n) is 3.46. The minimum absolute atomic E-state index is 0.0314. The van der Waals surface area contributed by atoms with Crippen molar-refractivity contribution in [3.05, 3.63) is 46.9 Å². The number of nitrogens with zero attached hydrogens (tertiary/aromatic N) is 4. The number of ether oxygens (including phenoxy) is 1.